The predicted molar refractivity (Wildman–Crippen MR) is 123 cm³/mol. The van der Waals surface area contributed by atoms with Crippen LogP contribution in [0.1, 0.15) is 53.9 Å². The molecule has 1 aromatic carbocycles. The number of rotatable bonds is 8. The highest BCUT2D eigenvalue weighted by molar-refractivity contribution is 7.92. The van der Waals surface area contributed by atoms with Crippen molar-refractivity contribution in [1.29, 1.82) is 0 Å². The molecule has 0 saturated heterocycles. The van der Waals surface area contributed by atoms with E-state index in [4.69, 9.17) is 4.74 Å². The molecule has 1 aliphatic carbocycles. The molecule has 0 saturated carbocycles. The van der Waals surface area contributed by atoms with E-state index in [0.29, 0.717) is 10.6 Å². The fraction of sp³-hybridized carbons (Fsp3) is 0.455. The molecule has 1 heterocycles. The minimum absolute atomic E-state index is 0.177. The van der Waals surface area contributed by atoms with Crippen molar-refractivity contribution in [2.75, 3.05) is 22.5 Å². The van der Waals surface area contributed by atoms with Crippen molar-refractivity contribution in [2.45, 2.75) is 52.0 Å². The number of esters is 1. The lowest BCUT2D eigenvalue weighted by molar-refractivity contribution is -0.117. The number of nitrogens with one attached hydrogen (secondary N) is 1. The predicted octanol–water partition coefficient (Wildman–Crippen LogP) is 4.13. The molecule has 1 aromatic heterocycles. The monoisotopic (exact) mass is 482 g/mol. The Labute approximate surface area is 191 Å². The van der Waals surface area contributed by atoms with Gasteiger partial charge in [0.15, 0.2) is 0 Å². The number of nitrogens with zero attached hydrogens (tertiary/aromatic N) is 1. The molecular formula is C22H27FN2O5S2. The van der Waals surface area contributed by atoms with Gasteiger partial charge in [0.05, 0.1) is 24.1 Å². The Morgan fingerprint density at radius 3 is 2.44 bits per heavy atom. The number of anilines is 2. The summed E-state index contributed by atoms with van der Waals surface area (Å²) >= 11 is 1.34. The molecule has 2 aromatic rings. The molecule has 7 nitrogen and oxygen atoms in total. The Morgan fingerprint density at radius 1 is 1.19 bits per heavy atom. The molecule has 0 radical (unpaired) electrons. The van der Waals surface area contributed by atoms with Crippen molar-refractivity contribution < 1.29 is 27.1 Å². The molecule has 0 spiro atoms. The van der Waals surface area contributed by atoms with E-state index >= 15 is 0 Å². The maximum absolute atomic E-state index is 13.4. The van der Waals surface area contributed by atoms with Gasteiger partial charge in [-0.1, -0.05) is 6.92 Å². The van der Waals surface area contributed by atoms with Crippen LogP contribution < -0.4 is 9.62 Å². The minimum atomic E-state index is -3.85. The Balaban J connectivity index is 1.97. The number of sulfonamides is 1. The molecule has 1 N–H and O–H groups in total. The van der Waals surface area contributed by atoms with Crippen LogP contribution in [0.2, 0.25) is 0 Å². The molecule has 0 bridgehead atoms. The Kier molecular flexibility index (Phi) is 7.55. The number of hydrogen-bond acceptors (Lipinski definition) is 6. The maximum atomic E-state index is 13.4. The molecule has 10 heteroatoms. The first-order valence-corrected chi connectivity index (χ1v) is 13.2. The summed E-state index contributed by atoms with van der Waals surface area (Å²) in [4.78, 5) is 27.0. The number of hydrogen-bond donors (Lipinski definition) is 1. The summed E-state index contributed by atoms with van der Waals surface area (Å²) in [6.07, 6.45) is 4.69. The Bertz CT molecular complexity index is 1100. The zero-order valence-electron chi connectivity index (χ0n) is 18.3. The van der Waals surface area contributed by atoms with Gasteiger partial charge < -0.3 is 10.1 Å². The summed E-state index contributed by atoms with van der Waals surface area (Å²) in [6, 6.07) is 3.85. The molecule has 3 rings (SSSR count). The van der Waals surface area contributed by atoms with Gasteiger partial charge in [-0.2, -0.15) is 0 Å². The number of carbonyl (C=O) groups excluding carboxylic acids is 2. The first-order chi connectivity index (χ1) is 15.2. The van der Waals surface area contributed by atoms with E-state index in [1.165, 1.54) is 23.5 Å². The summed E-state index contributed by atoms with van der Waals surface area (Å²) in [5.74, 6) is -1.57. The highest BCUT2D eigenvalue weighted by Crippen LogP contribution is 2.39. The van der Waals surface area contributed by atoms with Gasteiger partial charge in [-0.25, -0.2) is 17.6 Å². The average Bonchev–Trinajstić information content (AvgIpc) is 3.09. The summed E-state index contributed by atoms with van der Waals surface area (Å²) in [7, 11) is -3.85. The van der Waals surface area contributed by atoms with E-state index in [9.17, 15) is 22.4 Å². The fourth-order valence-electron chi connectivity index (χ4n) is 3.92. The largest absolute Gasteiger partial charge is 0.462 e. The van der Waals surface area contributed by atoms with E-state index in [2.05, 4.69) is 5.32 Å². The molecule has 1 amide bonds. The molecular weight excluding hydrogens is 455 g/mol. The molecule has 0 unspecified atom stereocenters. The van der Waals surface area contributed by atoms with Crippen LogP contribution in [0.25, 0.3) is 0 Å². The molecule has 0 fully saturated rings. The third kappa shape index (κ3) is 5.12. The highest BCUT2D eigenvalue weighted by Gasteiger charge is 2.34. The van der Waals surface area contributed by atoms with Crippen LogP contribution in [0.4, 0.5) is 15.1 Å². The molecule has 32 heavy (non-hydrogen) atoms. The van der Waals surface area contributed by atoms with Crippen molar-refractivity contribution in [3.8, 4) is 0 Å². The van der Waals surface area contributed by atoms with Crippen LogP contribution in [-0.4, -0.2) is 39.2 Å². The van der Waals surface area contributed by atoms with Gasteiger partial charge in [-0.15, -0.1) is 11.3 Å². The number of aryl methyl sites for hydroxylation is 1. The SMILES string of the molecule is CCOC(=O)c1c(NC(=O)[C@H](CC)N(c2ccc(F)cc2)S(C)(=O)=O)sc2c1CCCC2. The third-order valence-corrected chi connectivity index (χ3v) is 7.69. The first kappa shape index (κ1) is 24.2. The normalized spacial score (nSPS) is 14.4. The average molecular weight is 483 g/mol. The number of amides is 1. The van der Waals surface area contributed by atoms with Crippen LogP contribution in [0.3, 0.4) is 0 Å². The van der Waals surface area contributed by atoms with Crippen molar-refractivity contribution in [3.63, 3.8) is 0 Å². The first-order valence-electron chi connectivity index (χ1n) is 10.5. The summed E-state index contributed by atoms with van der Waals surface area (Å²) in [5.41, 5.74) is 1.45. The molecule has 174 valence electrons. The number of thiophene rings is 1. The van der Waals surface area contributed by atoms with Crippen LogP contribution in [0.5, 0.6) is 0 Å². The summed E-state index contributed by atoms with van der Waals surface area (Å²) < 4.78 is 44.7. The highest BCUT2D eigenvalue weighted by atomic mass is 32.2. The standard InChI is InChI=1S/C22H27FN2O5S2/c1-4-17(25(32(3,28)29)15-12-10-14(23)11-13-15)20(26)24-21-19(22(27)30-5-2)16-8-6-7-9-18(16)31-21/h10-13,17H,4-9H2,1-3H3,(H,24,26)/t17-/m0/s1. The van der Waals surface area contributed by atoms with E-state index in [1.54, 1.807) is 13.8 Å². The second kappa shape index (κ2) is 9.99. The number of ether oxygens (including phenoxy) is 1. The number of benzene rings is 1. The lowest BCUT2D eigenvalue weighted by Gasteiger charge is -2.30. The maximum Gasteiger partial charge on any atom is 0.341 e. The number of fused-ring (bicyclic) bond motifs is 1. The van der Waals surface area contributed by atoms with Crippen LogP contribution in [-0.2, 0) is 32.4 Å². The van der Waals surface area contributed by atoms with Gasteiger partial charge >= 0.3 is 5.97 Å². The number of carbonyl (C=O) groups is 2. The van der Waals surface area contributed by atoms with Gasteiger partial charge in [0.25, 0.3) is 0 Å². The van der Waals surface area contributed by atoms with Gasteiger partial charge in [-0.05, 0) is 68.9 Å². The second-order valence-corrected chi connectivity index (χ2v) is 10.5. The van der Waals surface area contributed by atoms with E-state index < -0.39 is 33.8 Å². The fourth-order valence-corrected chi connectivity index (χ4v) is 6.41. The van der Waals surface area contributed by atoms with Crippen molar-refractivity contribution in [3.05, 3.63) is 46.1 Å². The van der Waals surface area contributed by atoms with E-state index in [1.807, 2.05) is 0 Å². The Morgan fingerprint density at radius 2 is 1.84 bits per heavy atom. The third-order valence-electron chi connectivity index (χ3n) is 5.30. The van der Waals surface area contributed by atoms with E-state index in [0.717, 1.165) is 58.8 Å². The van der Waals surface area contributed by atoms with E-state index in [-0.39, 0.29) is 18.7 Å². The number of halogens is 1. The van der Waals surface area contributed by atoms with Crippen molar-refractivity contribution in [2.24, 2.45) is 0 Å². The lowest BCUT2D eigenvalue weighted by Crippen LogP contribution is -2.47. The zero-order valence-corrected chi connectivity index (χ0v) is 19.9. The van der Waals surface area contributed by atoms with Crippen LogP contribution >= 0.6 is 11.3 Å². The quantitative estimate of drug-likeness (QED) is 0.571. The van der Waals surface area contributed by atoms with Crippen LogP contribution in [0, 0.1) is 5.82 Å². The Hall–Kier alpha value is -2.46. The summed E-state index contributed by atoms with van der Waals surface area (Å²) in [6.45, 7) is 3.62. The second-order valence-electron chi connectivity index (χ2n) is 7.58. The minimum Gasteiger partial charge on any atom is -0.462 e. The zero-order chi connectivity index (χ0) is 23.5. The van der Waals surface area contributed by atoms with Crippen LogP contribution in [0.15, 0.2) is 24.3 Å². The van der Waals surface area contributed by atoms with Crippen molar-refractivity contribution in [1.82, 2.24) is 0 Å². The van der Waals surface area contributed by atoms with Crippen molar-refractivity contribution >= 4 is 43.9 Å². The summed E-state index contributed by atoms with van der Waals surface area (Å²) in [5, 5.41) is 3.17. The smallest absolute Gasteiger partial charge is 0.341 e. The van der Waals surface area contributed by atoms with Gasteiger partial charge in [0, 0.05) is 4.88 Å². The lowest BCUT2D eigenvalue weighted by atomic mass is 9.95. The van der Waals surface area contributed by atoms with Gasteiger partial charge in [-0.3, -0.25) is 9.10 Å². The van der Waals surface area contributed by atoms with Gasteiger partial charge in [0.1, 0.15) is 16.9 Å². The molecule has 0 aliphatic heterocycles. The molecule has 1 atom stereocenters. The topological polar surface area (TPSA) is 92.8 Å². The van der Waals surface area contributed by atoms with Gasteiger partial charge in [0.2, 0.25) is 15.9 Å². The molecule has 1 aliphatic rings.